The van der Waals surface area contributed by atoms with E-state index in [1.165, 1.54) is 40.9 Å². The third-order valence-electron chi connectivity index (χ3n) is 7.98. The smallest absolute Gasteiger partial charge is 0.334 e. The van der Waals surface area contributed by atoms with Crippen LogP contribution in [0.4, 0.5) is 16.2 Å². The average Bonchev–Trinajstić information content (AvgIpc) is 3.17. The number of nitrogens with two attached hydrogens (primary N) is 1. The molecule has 2 fully saturated rings. The molecule has 2 N–H and O–H groups in total. The highest BCUT2D eigenvalue weighted by molar-refractivity contribution is 5.92. The summed E-state index contributed by atoms with van der Waals surface area (Å²) in [5.74, 6) is 0. The zero-order valence-corrected chi connectivity index (χ0v) is 21.7. The summed E-state index contributed by atoms with van der Waals surface area (Å²) in [4.78, 5) is 17.6. The number of carbonyl (C=O) groups excluding carboxylic acids is 1. The van der Waals surface area contributed by atoms with E-state index in [9.17, 15) is 4.79 Å². The third-order valence-corrected chi connectivity index (χ3v) is 7.98. The SMILES string of the molecule is CCN1CCCN(c2ccc(C3=CCc4ccc(N(C(N)=O)N(C)C5CCOCC5)cc43)cc2)CC1. The number of ether oxygens (including phenoxy) is 1. The Morgan fingerprint density at radius 2 is 1.83 bits per heavy atom. The number of hydrogen-bond acceptors (Lipinski definition) is 5. The molecule has 3 aliphatic rings. The Labute approximate surface area is 215 Å². The molecule has 2 heterocycles. The molecule has 0 atom stereocenters. The largest absolute Gasteiger partial charge is 0.381 e. The van der Waals surface area contributed by atoms with E-state index in [2.05, 4.69) is 59.2 Å². The highest BCUT2D eigenvalue weighted by atomic mass is 16.5. The predicted octanol–water partition coefficient (Wildman–Crippen LogP) is 4.12. The number of hydrazine groups is 1. The predicted molar refractivity (Wildman–Crippen MR) is 146 cm³/mol. The van der Waals surface area contributed by atoms with Crippen LogP contribution in [0.2, 0.25) is 0 Å². The van der Waals surface area contributed by atoms with Crippen LogP contribution >= 0.6 is 0 Å². The fraction of sp³-hybridized carbons (Fsp3) is 0.483. The number of rotatable bonds is 6. The van der Waals surface area contributed by atoms with Crippen molar-refractivity contribution < 1.29 is 9.53 Å². The minimum absolute atomic E-state index is 0.227. The van der Waals surface area contributed by atoms with Gasteiger partial charge in [0.15, 0.2) is 0 Å². The molecule has 1 aliphatic carbocycles. The van der Waals surface area contributed by atoms with Crippen LogP contribution in [-0.4, -0.2) is 75.0 Å². The molecule has 0 bridgehead atoms. The monoisotopic (exact) mass is 489 g/mol. The van der Waals surface area contributed by atoms with Crippen LogP contribution in [0.15, 0.2) is 48.5 Å². The normalized spacial score (nSPS) is 19.2. The van der Waals surface area contributed by atoms with Crippen LogP contribution < -0.4 is 15.6 Å². The fourth-order valence-corrected chi connectivity index (χ4v) is 5.80. The topological polar surface area (TPSA) is 65.3 Å². The van der Waals surface area contributed by atoms with Crippen molar-refractivity contribution in [1.29, 1.82) is 0 Å². The van der Waals surface area contributed by atoms with Gasteiger partial charge >= 0.3 is 6.03 Å². The Bertz CT molecular complexity index is 1090. The van der Waals surface area contributed by atoms with Gasteiger partial charge in [-0.3, -0.25) is 0 Å². The molecule has 2 amide bonds. The van der Waals surface area contributed by atoms with E-state index >= 15 is 0 Å². The van der Waals surface area contributed by atoms with Crippen LogP contribution in [0.1, 0.15) is 42.9 Å². The Kier molecular flexibility index (Phi) is 7.60. The fourth-order valence-electron chi connectivity index (χ4n) is 5.80. The number of carbonyl (C=O) groups is 1. The minimum atomic E-state index is -0.462. The molecule has 36 heavy (non-hydrogen) atoms. The maximum absolute atomic E-state index is 12.5. The lowest BCUT2D eigenvalue weighted by Crippen LogP contribution is -2.53. The summed E-state index contributed by atoms with van der Waals surface area (Å²) in [6.45, 7) is 9.28. The first kappa shape index (κ1) is 24.8. The Hall–Kier alpha value is -2.87. The van der Waals surface area contributed by atoms with Gasteiger partial charge in [-0.05, 0) is 85.3 Å². The molecule has 7 nitrogen and oxygen atoms in total. The lowest BCUT2D eigenvalue weighted by Gasteiger charge is -2.38. The lowest BCUT2D eigenvalue weighted by atomic mass is 9.98. The second kappa shape index (κ2) is 11.0. The molecule has 0 saturated carbocycles. The van der Waals surface area contributed by atoms with Crippen molar-refractivity contribution in [3.8, 4) is 0 Å². The molecule has 0 spiro atoms. The molecule has 0 unspecified atom stereocenters. The van der Waals surface area contributed by atoms with Gasteiger partial charge in [0.2, 0.25) is 0 Å². The van der Waals surface area contributed by atoms with Crippen LogP contribution in [0.3, 0.4) is 0 Å². The van der Waals surface area contributed by atoms with Gasteiger partial charge in [0.1, 0.15) is 0 Å². The van der Waals surface area contributed by atoms with Crippen molar-refractivity contribution >= 4 is 23.0 Å². The van der Waals surface area contributed by atoms with Crippen LogP contribution in [-0.2, 0) is 11.2 Å². The molecule has 0 aromatic heterocycles. The van der Waals surface area contributed by atoms with Gasteiger partial charge in [0.25, 0.3) is 0 Å². The highest BCUT2D eigenvalue weighted by Crippen LogP contribution is 2.36. The Morgan fingerprint density at radius 1 is 1.06 bits per heavy atom. The number of nitrogens with zero attached hydrogens (tertiary/aromatic N) is 4. The van der Waals surface area contributed by atoms with Crippen LogP contribution in [0.25, 0.3) is 5.57 Å². The maximum Gasteiger partial charge on any atom is 0.334 e. The molecule has 192 valence electrons. The number of anilines is 2. The van der Waals surface area contributed by atoms with E-state index < -0.39 is 6.03 Å². The summed E-state index contributed by atoms with van der Waals surface area (Å²) in [6, 6.07) is 15.0. The molecule has 2 aromatic carbocycles. The molecule has 5 rings (SSSR count). The van der Waals surface area contributed by atoms with E-state index in [1.807, 2.05) is 18.1 Å². The summed E-state index contributed by atoms with van der Waals surface area (Å²) in [5, 5.41) is 3.61. The number of primary amides is 1. The first-order valence-electron chi connectivity index (χ1n) is 13.4. The van der Waals surface area contributed by atoms with Crippen LogP contribution in [0, 0.1) is 0 Å². The van der Waals surface area contributed by atoms with Crippen molar-refractivity contribution in [2.75, 3.05) is 62.9 Å². The van der Waals surface area contributed by atoms with Gasteiger partial charge in [-0.25, -0.2) is 14.8 Å². The van der Waals surface area contributed by atoms with Gasteiger partial charge < -0.3 is 20.3 Å². The molecule has 7 heteroatoms. The number of fused-ring (bicyclic) bond motifs is 1. The summed E-state index contributed by atoms with van der Waals surface area (Å²) in [7, 11) is 1.95. The third kappa shape index (κ3) is 5.14. The van der Waals surface area contributed by atoms with E-state index in [0.29, 0.717) is 13.2 Å². The molecule has 2 saturated heterocycles. The van der Waals surface area contributed by atoms with Crippen molar-refractivity contribution in [1.82, 2.24) is 9.91 Å². The van der Waals surface area contributed by atoms with Crippen molar-refractivity contribution in [2.24, 2.45) is 5.73 Å². The zero-order chi connectivity index (χ0) is 25.1. The molecule has 2 aromatic rings. The van der Waals surface area contributed by atoms with Gasteiger partial charge in [-0.2, -0.15) is 0 Å². The first-order chi connectivity index (χ1) is 17.5. The number of benzene rings is 2. The second-order valence-electron chi connectivity index (χ2n) is 10.1. The maximum atomic E-state index is 12.5. The van der Waals surface area contributed by atoms with E-state index in [4.69, 9.17) is 10.5 Å². The molecule has 0 radical (unpaired) electrons. The molecular formula is C29H39N5O2. The summed E-state index contributed by atoms with van der Waals surface area (Å²) in [6.07, 6.45) is 6.17. The van der Waals surface area contributed by atoms with E-state index in [1.54, 1.807) is 5.01 Å². The van der Waals surface area contributed by atoms with Gasteiger partial charge in [-0.1, -0.05) is 31.2 Å². The van der Waals surface area contributed by atoms with Crippen LogP contribution in [0.5, 0.6) is 0 Å². The zero-order valence-electron chi connectivity index (χ0n) is 21.7. The summed E-state index contributed by atoms with van der Waals surface area (Å²) < 4.78 is 5.51. The standard InChI is InChI=1S/C29H39N5O2/c1-3-32-15-4-16-33(18-17-32)25-9-5-22(6-10-25)27-12-8-23-7-11-26(21-28(23)27)34(29(30)35)31(2)24-13-19-36-20-14-24/h5-7,9-12,21,24H,3-4,8,13-20H2,1-2H3,(H2,30,35). The van der Waals surface area contributed by atoms with Gasteiger partial charge in [0.05, 0.1) is 5.69 Å². The van der Waals surface area contributed by atoms with Gasteiger partial charge in [-0.15, -0.1) is 0 Å². The second-order valence-corrected chi connectivity index (χ2v) is 10.1. The summed E-state index contributed by atoms with van der Waals surface area (Å²) in [5.41, 5.74) is 12.9. The van der Waals surface area contributed by atoms with E-state index in [-0.39, 0.29) is 6.04 Å². The Morgan fingerprint density at radius 3 is 2.56 bits per heavy atom. The number of hydrogen-bond donors (Lipinski definition) is 1. The number of amides is 2. The van der Waals surface area contributed by atoms with Crippen molar-refractivity contribution in [3.63, 3.8) is 0 Å². The van der Waals surface area contributed by atoms with Crippen molar-refractivity contribution in [3.05, 3.63) is 65.2 Å². The minimum Gasteiger partial charge on any atom is -0.381 e. The van der Waals surface area contributed by atoms with Crippen molar-refractivity contribution in [2.45, 2.75) is 38.6 Å². The van der Waals surface area contributed by atoms with Gasteiger partial charge in [0, 0.05) is 51.6 Å². The Balaban J connectivity index is 1.36. The number of urea groups is 1. The molecule has 2 aliphatic heterocycles. The molecular weight excluding hydrogens is 450 g/mol. The number of allylic oxidation sites excluding steroid dienone is 1. The lowest BCUT2D eigenvalue weighted by molar-refractivity contribution is 0.0420. The van der Waals surface area contributed by atoms with E-state index in [0.717, 1.165) is 51.1 Å². The first-order valence-corrected chi connectivity index (χ1v) is 13.4. The quantitative estimate of drug-likeness (QED) is 0.619. The highest BCUT2D eigenvalue weighted by Gasteiger charge is 2.28. The number of likely N-dealkylation sites (N-methyl/N-ethyl adjacent to an activating group) is 1. The summed E-state index contributed by atoms with van der Waals surface area (Å²) >= 11 is 0. The average molecular weight is 490 g/mol.